The fraction of sp³-hybridized carbons (Fsp3) is 0.571. The van der Waals surface area contributed by atoms with Crippen molar-refractivity contribution in [3.05, 3.63) is 31.6 Å². The van der Waals surface area contributed by atoms with Crippen LogP contribution >= 0.6 is 22.6 Å². The van der Waals surface area contributed by atoms with E-state index in [9.17, 15) is 14.5 Å². The number of piperidine rings is 1. The van der Waals surface area contributed by atoms with E-state index in [1.807, 2.05) is 11.8 Å². The highest BCUT2D eigenvalue weighted by Gasteiger charge is 2.24. The van der Waals surface area contributed by atoms with Gasteiger partial charge in [0.2, 0.25) is 0 Å². The van der Waals surface area contributed by atoms with Gasteiger partial charge in [0.25, 0.3) is 5.69 Å². The maximum atomic E-state index is 13.8. The molecule has 0 saturated carbocycles. The number of rotatable bonds is 5. The summed E-state index contributed by atoms with van der Waals surface area (Å²) in [5.41, 5.74) is 0.359. The zero-order valence-corrected chi connectivity index (χ0v) is 14.1. The summed E-state index contributed by atoms with van der Waals surface area (Å²) in [5.74, 6) is 0.0389. The summed E-state index contributed by atoms with van der Waals surface area (Å²) in [5, 5.41) is 14.6. The van der Waals surface area contributed by atoms with Crippen molar-refractivity contribution < 1.29 is 9.31 Å². The van der Waals surface area contributed by atoms with Gasteiger partial charge in [-0.05, 0) is 61.4 Å². The molecule has 21 heavy (non-hydrogen) atoms. The van der Waals surface area contributed by atoms with E-state index >= 15 is 0 Å². The molecule has 1 N–H and O–H groups in total. The van der Waals surface area contributed by atoms with Gasteiger partial charge in [-0.3, -0.25) is 10.1 Å². The van der Waals surface area contributed by atoms with Crippen LogP contribution in [0, 0.1) is 25.4 Å². The first kappa shape index (κ1) is 16.4. The molecule has 116 valence electrons. The molecule has 0 radical (unpaired) electrons. The molecule has 7 heteroatoms. The number of benzene rings is 1. The molecular formula is C14H19FIN3O2. The van der Waals surface area contributed by atoms with E-state index in [1.165, 1.54) is 12.1 Å². The number of nitrogens with one attached hydrogen (secondary N) is 1. The van der Waals surface area contributed by atoms with Gasteiger partial charge < -0.3 is 10.2 Å². The first-order valence-electron chi connectivity index (χ1n) is 7.12. The van der Waals surface area contributed by atoms with Crippen LogP contribution < -0.4 is 10.2 Å². The van der Waals surface area contributed by atoms with Crippen LogP contribution in [-0.2, 0) is 0 Å². The Balaban J connectivity index is 2.27. The van der Waals surface area contributed by atoms with Crippen molar-refractivity contribution in [1.29, 1.82) is 0 Å². The maximum Gasteiger partial charge on any atom is 0.293 e. The summed E-state index contributed by atoms with van der Waals surface area (Å²) >= 11 is 1.78. The van der Waals surface area contributed by atoms with Gasteiger partial charge in [0.1, 0.15) is 11.5 Å². The quantitative estimate of drug-likeness (QED) is 0.463. The number of nitrogens with zero attached hydrogens (tertiary/aromatic N) is 2. The van der Waals surface area contributed by atoms with Gasteiger partial charge in [-0.2, -0.15) is 0 Å². The SMILES string of the molecule is CCN(CC1CCCNC1)c1cc(F)c(I)cc1[N+](=O)[O-]. The Bertz CT molecular complexity index is 521. The molecule has 1 fully saturated rings. The monoisotopic (exact) mass is 407 g/mol. The molecule has 0 amide bonds. The largest absolute Gasteiger partial charge is 0.366 e. The van der Waals surface area contributed by atoms with Crippen molar-refractivity contribution in [3.63, 3.8) is 0 Å². The predicted molar refractivity (Wildman–Crippen MR) is 89.3 cm³/mol. The Kier molecular flexibility index (Phi) is 5.74. The molecule has 1 saturated heterocycles. The summed E-state index contributed by atoms with van der Waals surface area (Å²) in [6.07, 6.45) is 2.22. The standard InChI is InChI=1S/C14H19FIN3O2/c1-2-18(9-10-4-3-5-17-8-10)13-6-11(15)12(16)7-14(13)19(20)21/h6-7,10,17H,2-5,8-9H2,1H3. The third-order valence-corrected chi connectivity index (χ3v) is 4.64. The molecule has 1 unspecified atom stereocenters. The minimum atomic E-state index is -0.432. The van der Waals surface area contributed by atoms with E-state index in [-0.39, 0.29) is 9.26 Å². The number of halogens is 2. The maximum absolute atomic E-state index is 13.8. The average molecular weight is 407 g/mol. The van der Waals surface area contributed by atoms with Gasteiger partial charge in [-0.25, -0.2) is 4.39 Å². The van der Waals surface area contributed by atoms with Gasteiger partial charge in [0.15, 0.2) is 0 Å². The van der Waals surface area contributed by atoms with Crippen LogP contribution in [-0.4, -0.2) is 31.1 Å². The molecular weight excluding hydrogens is 388 g/mol. The number of nitro benzene ring substituents is 1. The normalized spacial score (nSPS) is 18.5. The van der Waals surface area contributed by atoms with E-state index < -0.39 is 10.7 Å². The molecule has 1 atom stereocenters. The van der Waals surface area contributed by atoms with Crippen molar-refractivity contribution in [1.82, 2.24) is 5.32 Å². The molecule has 1 aliphatic heterocycles. The lowest BCUT2D eigenvalue weighted by atomic mass is 9.98. The summed E-state index contributed by atoms with van der Waals surface area (Å²) < 4.78 is 14.1. The number of nitro groups is 1. The van der Waals surface area contributed by atoms with Crippen LogP contribution in [0.5, 0.6) is 0 Å². The lowest BCUT2D eigenvalue weighted by Crippen LogP contribution is -2.38. The Morgan fingerprint density at radius 3 is 2.90 bits per heavy atom. The molecule has 1 aliphatic rings. The second-order valence-electron chi connectivity index (χ2n) is 5.26. The van der Waals surface area contributed by atoms with Crippen molar-refractivity contribution in [2.75, 3.05) is 31.1 Å². The van der Waals surface area contributed by atoms with Gasteiger partial charge >= 0.3 is 0 Å². The van der Waals surface area contributed by atoms with E-state index in [4.69, 9.17) is 0 Å². The van der Waals surface area contributed by atoms with Gasteiger partial charge in [-0.15, -0.1) is 0 Å². The van der Waals surface area contributed by atoms with Crippen LogP contribution in [0.2, 0.25) is 0 Å². The van der Waals surface area contributed by atoms with Crippen LogP contribution in [0.4, 0.5) is 15.8 Å². The minimum absolute atomic E-state index is 0.0218. The predicted octanol–water partition coefficient (Wildman–Crippen LogP) is 3.16. The number of anilines is 1. The topological polar surface area (TPSA) is 58.4 Å². The number of hydrogen-bond donors (Lipinski definition) is 1. The van der Waals surface area contributed by atoms with Crippen LogP contribution in [0.1, 0.15) is 19.8 Å². The third-order valence-electron chi connectivity index (χ3n) is 3.81. The lowest BCUT2D eigenvalue weighted by molar-refractivity contribution is -0.384. The molecule has 1 aromatic carbocycles. The van der Waals surface area contributed by atoms with E-state index in [0.29, 0.717) is 24.7 Å². The van der Waals surface area contributed by atoms with Crippen LogP contribution in [0.15, 0.2) is 12.1 Å². The Hall–Kier alpha value is -0.960. The summed E-state index contributed by atoms with van der Waals surface area (Å²) in [7, 11) is 0. The Labute approximate surface area is 137 Å². The zero-order chi connectivity index (χ0) is 15.4. The van der Waals surface area contributed by atoms with Crippen LogP contribution in [0.3, 0.4) is 0 Å². The van der Waals surface area contributed by atoms with Gasteiger partial charge in [-0.1, -0.05) is 0 Å². The van der Waals surface area contributed by atoms with Crippen molar-refractivity contribution in [2.45, 2.75) is 19.8 Å². The van der Waals surface area contributed by atoms with E-state index in [1.54, 1.807) is 22.6 Å². The molecule has 0 bridgehead atoms. The van der Waals surface area contributed by atoms with E-state index in [0.717, 1.165) is 25.9 Å². The first-order valence-corrected chi connectivity index (χ1v) is 8.20. The second-order valence-corrected chi connectivity index (χ2v) is 6.43. The van der Waals surface area contributed by atoms with Crippen LogP contribution in [0.25, 0.3) is 0 Å². The average Bonchev–Trinajstić information content (AvgIpc) is 2.48. The molecule has 5 nitrogen and oxygen atoms in total. The van der Waals surface area contributed by atoms with Gasteiger partial charge in [0, 0.05) is 25.2 Å². The fourth-order valence-electron chi connectivity index (χ4n) is 2.71. The Morgan fingerprint density at radius 1 is 1.57 bits per heavy atom. The molecule has 1 aromatic rings. The second kappa shape index (κ2) is 7.35. The highest BCUT2D eigenvalue weighted by molar-refractivity contribution is 14.1. The van der Waals surface area contributed by atoms with Crippen molar-refractivity contribution >= 4 is 34.0 Å². The molecule has 1 heterocycles. The molecule has 0 spiro atoms. The van der Waals surface area contributed by atoms with Crippen molar-refractivity contribution in [2.24, 2.45) is 5.92 Å². The minimum Gasteiger partial charge on any atom is -0.366 e. The van der Waals surface area contributed by atoms with E-state index in [2.05, 4.69) is 5.32 Å². The third kappa shape index (κ3) is 4.03. The molecule has 0 aliphatic carbocycles. The highest BCUT2D eigenvalue weighted by atomic mass is 127. The number of hydrogen-bond acceptors (Lipinski definition) is 4. The zero-order valence-electron chi connectivity index (χ0n) is 11.9. The highest BCUT2D eigenvalue weighted by Crippen LogP contribution is 2.32. The molecule has 2 rings (SSSR count). The summed E-state index contributed by atoms with van der Waals surface area (Å²) in [6.45, 7) is 5.22. The molecule has 0 aromatic heterocycles. The smallest absolute Gasteiger partial charge is 0.293 e. The Morgan fingerprint density at radius 2 is 2.33 bits per heavy atom. The summed E-state index contributed by atoms with van der Waals surface area (Å²) in [6, 6.07) is 2.60. The first-order chi connectivity index (χ1) is 10.0. The lowest BCUT2D eigenvalue weighted by Gasteiger charge is -2.30. The summed E-state index contributed by atoms with van der Waals surface area (Å²) in [4.78, 5) is 12.7. The van der Waals surface area contributed by atoms with Gasteiger partial charge in [0.05, 0.1) is 8.49 Å². The van der Waals surface area contributed by atoms with Crippen molar-refractivity contribution in [3.8, 4) is 0 Å². The fourth-order valence-corrected chi connectivity index (χ4v) is 3.17.